The van der Waals surface area contributed by atoms with Crippen molar-refractivity contribution in [3.05, 3.63) is 42.5 Å². The van der Waals surface area contributed by atoms with Crippen LogP contribution in [0.1, 0.15) is 18.5 Å². The van der Waals surface area contributed by atoms with Crippen molar-refractivity contribution in [3.63, 3.8) is 0 Å². The highest BCUT2D eigenvalue weighted by molar-refractivity contribution is 5.80. The van der Waals surface area contributed by atoms with E-state index in [9.17, 15) is 0 Å². The Bertz CT molecular complexity index is 776. The molecule has 1 saturated carbocycles. The summed E-state index contributed by atoms with van der Waals surface area (Å²) < 4.78 is 7.66. The van der Waals surface area contributed by atoms with Gasteiger partial charge >= 0.3 is 0 Å². The lowest BCUT2D eigenvalue weighted by molar-refractivity contribution is 0.292. The summed E-state index contributed by atoms with van der Waals surface area (Å²) in [5.41, 5.74) is 3.70. The van der Waals surface area contributed by atoms with Crippen molar-refractivity contribution in [2.45, 2.75) is 25.9 Å². The number of hydrogen-bond acceptors (Lipinski definition) is 4. The zero-order chi connectivity index (χ0) is 13.5. The van der Waals surface area contributed by atoms with E-state index in [0.29, 0.717) is 12.0 Å². The van der Waals surface area contributed by atoms with Gasteiger partial charge in [0.25, 0.3) is 0 Å². The maximum atomic E-state index is 5.88. The first-order valence-electron chi connectivity index (χ1n) is 6.74. The van der Waals surface area contributed by atoms with Crippen LogP contribution in [0.5, 0.6) is 5.88 Å². The second-order valence-corrected chi connectivity index (χ2v) is 5.07. The average Bonchev–Trinajstić information content (AvgIpc) is 3.17. The smallest absolute Gasteiger partial charge is 0.221 e. The van der Waals surface area contributed by atoms with Gasteiger partial charge in [-0.3, -0.25) is 0 Å². The van der Waals surface area contributed by atoms with Gasteiger partial charge in [-0.05, 0) is 38.0 Å². The summed E-state index contributed by atoms with van der Waals surface area (Å²) in [6, 6.07) is 5.86. The van der Waals surface area contributed by atoms with Crippen LogP contribution in [0.15, 0.2) is 36.8 Å². The third-order valence-electron chi connectivity index (χ3n) is 3.37. The molecule has 100 valence electrons. The Labute approximate surface area is 116 Å². The maximum absolute atomic E-state index is 5.88. The van der Waals surface area contributed by atoms with Gasteiger partial charge in [0.15, 0.2) is 5.65 Å². The number of aromatic nitrogens is 4. The summed E-state index contributed by atoms with van der Waals surface area (Å²) in [5.74, 6) is 0.674. The molecule has 0 N–H and O–H groups in total. The van der Waals surface area contributed by atoms with Gasteiger partial charge < -0.3 is 4.74 Å². The molecule has 1 fully saturated rings. The van der Waals surface area contributed by atoms with Crippen LogP contribution in [0.2, 0.25) is 0 Å². The zero-order valence-electron chi connectivity index (χ0n) is 11.2. The van der Waals surface area contributed by atoms with E-state index in [4.69, 9.17) is 4.74 Å². The third kappa shape index (κ3) is 1.91. The Morgan fingerprint density at radius 2 is 2.15 bits per heavy atom. The molecule has 0 unspecified atom stereocenters. The van der Waals surface area contributed by atoms with E-state index in [1.54, 1.807) is 10.7 Å². The van der Waals surface area contributed by atoms with Crippen molar-refractivity contribution in [2.75, 3.05) is 0 Å². The van der Waals surface area contributed by atoms with Gasteiger partial charge in [0.1, 0.15) is 6.10 Å². The van der Waals surface area contributed by atoms with E-state index >= 15 is 0 Å². The molecule has 4 rings (SSSR count). The minimum absolute atomic E-state index is 0.320. The van der Waals surface area contributed by atoms with Gasteiger partial charge in [-0.2, -0.15) is 5.10 Å². The van der Waals surface area contributed by atoms with Gasteiger partial charge in [-0.25, -0.2) is 14.5 Å². The SMILES string of the molecule is Cc1ccn2ncc(-c3cccnc3OC3CC3)c2n1. The zero-order valence-corrected chi connectivity index (χ0v) is 11.2. The van der Waals surface area contributed by atoms with Gasteiger partial charge in [-0.1, -0.05) is 0 Å². The van der Waals surface area contributed by atoms with Crippen LogP contribution in [-0.2, 0) is 0 Å². The molecule has 0 aromatic carbocycles. The lowest BCUT2D eigenvalue weighted by atomic mass is 10.1. The first-order chi connectivity index (χ1) is 9.81. The lowest BCUT2D eigenvalue weighted by Gasteiger charge is -2.08. The molecule has 5 heteroatoms. The lowest BCUT2D eigenvalue weighted by Crippen LogP contribution is -2.00. The van der Waals surface area contributed by atoms with E-state index in [2.05, 4.69) is 15.1 Å². The van der Waals surface area contributed by atoms with Crippen LogP contribution < -0.4 is 4.74 Å². The largest absolute Gasteiger partial charge is 0.474 e. The van der Waals surface area contributed by atoms with E-state index in [1.165, 1.54) is 0 Å². The monoisotopic (exact) mass is 266 g/mol. The molecule has 0 saturated heterocycles. The van der Waals surface area contributed by atoms with Crippen LogP contribution >= 0.6 is 0 Å². The first-order valence-corrected chi connectivity index (χ1v) is 6.74. The fourth-order valence-corrected chi connectivity index (χ4v) is 2.18. The van der Waals surface area contributed by atoms with E-state index < -0.39 is 0 Å². The number of pyridine rings is 1. The number of rotatable bonds is 3. The van der Waals surface area contributed by atoms with Crippen LogP contribution in [0, 0.1) is 6.92 Å². The molecule has 0 bridgehead atoms. The van der Waals surface area contributed by atoms with Gasteiger partial charge in [0, 0.05) is 23.7 Å². The van der Waals surface area contributed by atoms with Crippen LogP contribution in [-0.4, -0.2) is 25.7 Å². The van der Waals surface area contributed by atoms with Crippen molar-refractivity contribution in [3.8, 4) is 17.0 Å². The third-order valence-corrected chi connectivity index (χ3v) is 3.37. The maximum Gasteiger partial charge on any atom is 0.221 e. The van der Waals surface area contributed by atoms with Crippen LogP contribution in [0.3, 0.4) is 0 Å². The molecular formula is C15H14N4O. The van der Waals surface area contributed by atoms with Crippen molar-refractivity contribution in [2.24, 2.45) is 0 Å². The first kappa shape index (κ1) is 11.4. The summed E-state index contributed by atoms with van der Waals surface area (Å²) >= 11 is 0. The highest BCUT2D eigenvalue weighted by atomic mass is 16.5. The number of fused-ring (bicyclic) bond motifs is 1. The summed E-state index contributed by atoms with van der Waals surface area (Å²) in [5, 5.41) is 4.34. The molecule has 5 nitrogen and oxygen atoms in total. The molecule has 0 amide bonds. The van der Waals surface area contributed by atoms with Crippen molar-refractivity contribution in [1.29, 1.82) is 0 Å². The fourth-order valence-electron chi connectivity index (χ4n) is 2.18. The Morgan fingerprint density at radius 1 is 1.25 bits per heavy atom. The predicted octanol–water partition coefficient (Wildman–Crippen LogP) is 2.64. The molecule has 0 spiro atoms. The molecule has 1 aliphatic carbocycles. The second-order valence-electron chi connectivity index (χ2n) is 5.07. The number of hydrogen-bond donors (Lipinski definition) is 0. The van der Waals surface area contributed by atoms with Crippen LogP contribution in [0.25, 0.3) is 16.8 Å². The molecule has 0 radical (unpaired) electrons. The standard InChI is InChI=1S/C15H14N4O/c1-10-6-8-19-14(18-10)13(9-17-19)12-3-2-7-16-15(12)20-11-4-5-11/h2-3,6-9,11H,4-5H2,1H3. The molecule has 3 aromatic heterocycles. The highest BCUT2D eigenvalue weighted by Gasteiger charge is 2.26. The Kier molecular flexibility index (Phi) is 2.45. The van der Waals surface area contributed by atoms with E-state index in [0.717, 1.165) is 35.3 Å². The normalized spacial score (nSPS) is 14.7. The fraction of sp³-hybridized carbons (Fsp3) is 0.267. The molecule has 0 aliphatic heterocycles. The van der Waals surface area contributed by atoms with E-state index in [-0.39, 0.29) is 0 Å². The van der Waals surface area contributed by atoms with Crippen molar-refractivity contribution < 1.29 is 4.74 Å². The van der Waals surface area contributed by atoms with Crippen molar-refractivity contribution >= 4 is 5.65 Å². The molecule has 20 heavy (non-hydrogen) atoms. The van der Waals surface area contributed by atoms with Gasteiger partial charge in [-0.15, -0.1) is 0 Å². The van der Waals surface area contributed by atoms with Gasteiger partial charge in [0.2, 0.25) is 5.88 Å². The summed E-state index contributed by atoms with van der Waals surface area (Å²) in [6.45, 7) is 1.97. The number of ether oxygens (including phenoxy) is 1. The van der Waals surface area contributed by atoms with E-state index in [1.807, 2.05) is 37.5 Å². The summed E-state index contributed by atoms with van der Waals surface area (Å²) in [7, 11) is 0. The van der Waals surface area contributed by atoms with Gasteiger partial charge in [0.05, 0.1) is 11.8 Å². The quantitative estimate of drug-likeness (QED) is 0.731. The molecule has 3 aromatic rings. The topological polar surface area (TPSA) is 52.3 Å². The minimum atomic E-state index is 0.320. The summed E-state index contributed by atoms with van der Waals surface area (Å²) in [6.07, 6.45) is 8.04. The molecule has 3 heterocycles. The second kappa shape index (κ2) is 4.30. The predicted molar refractivity (Wildman–Crippen MR) is 74.6 cm³/mol. The number of nitrogens with zero attached hydrogens (tertiary/aromatic N) is 4. The Morgan fingerprint density at radius 3 is 3.00 bits per heavy atom. The highest BCUT2D eigenvalue weighted by Crippen LogP contribution is 2.34. The number of aryl methyl sites for hydroxylation is 1. The Hall–Kier alpha value is -2.43. The molecular weight excluding hydrogens is 252 g/mol. The van der Waals surface area contributed by atoms with Crippen molar-refractivity contribution in [1.82, 2.24) is 19.6 Å². The van der Waals surface area contributed by atoms with Crippen LogP contribution in [0.4, 0.5) is 0 Å². The minimum Gasteiger partial charge on any atom is -0.474 e. The Balaban J connectivity index is 1.87. The molecule has 1 aliphatic rings. The molecule has 0 atom stereocenters. The summed E-state index contributed by atoms with van der Waals surface area (Å²) in [4.78, 5) is 8.92. The average molecular weight is 266 g/mol.